The molecule has 0 N–H and O–H groups in total. The summed E-state index contributed by atoms with van der Waals surface area (Å²) in [6, 6.07) is 6.20. The molecule has 1 aliphatic rings. The van der Waals surface area contributed by atoms with Crippen LogP contribution in [0, 0.1) is 13.8 Å². The molecule has 1 fully saturated rings. The second-order valence-electron chi connectivity index (χ2n) is 6.95. The van der Waals surface area contributed by atoms with E-state index in [9.17, 15) is 4.79 Å². The van der Waals surface area contributed by atoms with Gasteiger partial charge in [-0.2, -0.15) is 0 Å². The number of amides is 1. The Bertz CT molecular complexity index is 936. The maximum absolute atomic E-state index is 13.3. The summed E-state index contributed by atoms with van der Waals surface area (Å²) < 4.78 is 5.28. The molecule has 1 amide bonds. The molecule has 0 saturated carbocycles. The van der Waals surface area contributed by atoms with Gasteiger partial charge in [0.1, 0.15) is 0 Å². The number of likely N-dealkylation sites (tertiary alicyclic amines) is 1. The van der Waals surface area contributed by atoms with Crippen LogP contribution in [0.15, 0.2) is 35.1 Å². The van der Waals surface area contributed by atoms with Gasteiger partial charge in [0.05, 0.1) is 16.6 Å². The number of pyridine rings is 2. The normalized spacial score (nSPS) is 17.2. The first kappa shape index (κ1) is 16.7. The van der Waals surface area contributed by atoms with Crippen molar-refractivity contribution in [2.75, 3.05) is 6.54 Å². The van der Waals surface area contributed by atoms with E-state index in [4.69, 9.17) is 4.52 Å². The predicted octanol–water partition coefficient (Wildman–Crippen LogP) is 3.47. The molecule has 0 spiro atoms. The minimum atomic E-state index is 0.0593. The number of rotatable bonds is 4. The molecule has 134 valence electrons. The molecule has 6 heteroatoms. The van der Waals surface area contributed by atoms with Crippen LogP contribution in [0.5, 0.6) is 0 Å². The fraction of sp³-hybridized carbons (Fsp3) is 0.400. The van der Waals surface area contributed by atoms with Gasteiger partial charge >= 0.3 is 0 Å². The van der Waals surface area contributed by atoms with Crippen molar-refractivity contribution in [3.05, 3.63) is 53.1 Å². The van der Waals surface area contributed by atoms with Crippen molar-refractivity contribution in [2.45, 2.75) is 45.6 Å². The topological polar surface area (TPSA) is 72.1 Å². The first-order chi connectivity index (χ1) is 12.6. The highest BCUT2D eigenvalue weighted by Gasteiger charge is 2.31. The van der Waals surface area contributed by atoms with Crippen molar-refractivity contribution in [1.82, 2.24) is 20.0 Å². The molecular formula is C20H22N4O2. The summed E-state index contributed by atoms with van der Waals surface area (Å²) >= 11 is 0. The number of fused-ring (bicyclic) bond motifs is 1. The van der Waals surface area contributed by atoms with Crippen LogP contribution in [-0.2, 0) is 6.42 Å². The molecule has 1 aliphatic heterocycles. The van der Waals surface area contributed by atoms with Gasteiger partial charge in [0.2, 0.25) is 0 Å². The summed E-state index contributed by atoms with van der Waals surface area (Å²) in [6.07, 6.45) is 7.64. The molecule has 4 rings (SSSR count). The Balaban J connectivity index is 1.58. The molecule has 0 aliphatic carbocycles. The van der Waals surface area contributed by atoms with Gasteiger partial charge in [-0.3, -0.25) is 9.78 Å². The number of aryl methyl sites for hydroxylation is 3. The lowest BCUT2D eigenvalue weighted by Crippen LogP contribution is -2.36. The van der Waals surface area contributed by atoms with Gasteiger partial charge in [-0.05, 0) is 63.3 Å². The maximum Gasteiger partial charge on any atom is 0.258 e. The third-order valence-electron chi connectivity index (χ3n) is 5.13. The maximum atomic E-state index is 13.3. The zero-order valence-electron chi connectivity index (χ0n) is 15.1. The number of nitrogens with zero attached hydrogens (tertiary/aromatic N) is 4. The van der Waals surface area contributed by atoms with Gasteiger partial charge < -0.3 is 9.42 Å². The van der Waals surface area contributed by atoms with E-state index >= 15 is 0 Å². The zero-order valence-corrected chi connectivity index (χ0v) is 15.1. The van der Waals surface area contributed by atoms with Crippen LogP contribution in [0.2, 0.25) is 0 Å². The van der Waals surface area contributed by atoms with Gasteiger partial charge in [-0.25, -0.2) is 4.98 Å². The highest BCUT2D eigenvalue weighted by molar-refractivity contribution is 6.06. The molecule has 26 heavy (non-hydrogen) atoms. The van der Waals surface area contributed by atoms with Gasteiger partial charge in [-0.15, -0.1) is 0 Å². The molecule has 6 nitrogen and oxygen atoms in total. The van der Waals surface area contributed by atoms with Gasteiger partial charge in [0.15, 0.2) is 0 Å². The molecule has 0 aromatic carbocycles. The summed E-state index contributed by atoms with van der Waals surface area (Å²) in [7, 11) is 0. The summed E-state index contributed by atoms with van der Waals surface area (Å²) in [5.41, 5.74) is 3.84. The monoisotopic (exact) mass is 350 g/mol. The van der Waals surface area contributed by atoms with Gasteiger partial charge in [-0.1, -0.05) is 5.16 Å². The number of aromatic nitrogens is 3. The van der Waals surface area contributed by atoms with Crippen LogP contribution in [0.1, 0.15) is 46.6 Å². The predicted molar refractivity (Wildman–Crippen MR) is 97.9 cm³/mol. The van der Waals surface area contributed by atoms with E-state index in [2.05, 4.69) is 15.1 Å². The van der Waals surface area contributed by atoms with Crippen molar-refractivity contribution < 1.29 is 9.32 Å². The molecule has 1 atom stereocenters. The van der Waals surface area contributed by atoms with Crippen molar-refractivity contribution in [3.8, 4) is 0 Å². The lowest BCUT2D eigenvalue weighted by molar-refractivity contribution is 0.0732. The Morgan fingerprint density at radius 1 is 1.31 bits per heavy atom. The van der Waals surface area contributed by atoms with Crippen molar-refractivity contribution in [1.29, 1.82) is 0 Å². The fourth-order valence-corrected chi connectivity index (χ4v) is 3.83. The fourth-order valence-electron chi connectivity index (χ4n) is 3.83. The molecule has 4 heterocycles. The zero-order chi connectivity index (χ0) is 18.1. The van der Waals surface area contributed by atoms with Crippen LogP contribution in [0.3, 0.4) is 0 Å². The lowest BCUT2D eigenvalue weighted by atomic mass is 10.0. The van der Waals surface area contributed by atoms with Crippen LogP contribution < -0.4 is 0 Å². The van der Waals surface area contributed by atoms with Crippen LogP contribution in [-0.4, -0.2) is 38.5 Å². The van der Waals surface area contributed by atoms with E-state index in [1.807, 2.05) is 49.3 Å². The largest absolute Gasteiger partial charge is 0.336 e. The molecule has 1 unspecified atom stereocenters. The van der Waals surface area contributed by atoms with E-state index in [0.29, 0.717) is 17.0 Å². The summed E-state index contributed by atoms with van der Waals surface area (Å²) in [5, 5.41) is 4.72. The lowest BCUT2D eigenvalue weighted by Gasteiger charge is -2.25. The summed E-state index contributed by atoms with van der Waals surface area (Å²) in [6.45, 7) is 4.52. The number of carbonyl (C=O) groups is 1. The Morgan fingerprint density at radius 2 is 2.12 bits per heavy atom. The van der Waals surface area contributed by atoms with Gasteiger partial charge in [0.25, 0.3) is 11.6 Å². The standard InChI is InChI=1S/C20H22N4O2/c1-13-12-17(18-14(2)23-26-19(18)22-13)20(25)24-11-3-4-16(24)6-5-15-7-9-21-10-8-15/h7-10,12,16H,3-6,11H2,1-2H3. The number of hydrogen-bond donors (Lipinski definition) is 0. The van der Waals surface area contributed by atoms with Crippen molar-refractivity contribution >= 4 is 17.0 Å². The molecule has 0 bridgehead atoms. The van der Waals surface area contributed by atoms with E-state index in [-0.39, 0.29) is 11.9 Å². The first-order valence-corrected chi connectivity index (χ1v) is 9.07. The quantitative estimate of drug-likeness (QED) is 0.720. The number of carbonyl (C=O) groups excluding carboxylic acids is 1. The van der Waals surface area contributed by atoms with E-state index in [0.717, 1.165) is 43.3 Å². The molecule has 3 aromatic rings. The Labute approximate surface area is 152 Å². The van der Waals surface area contributed by atoms with E-state index in [1.54, 1.807) is 0 Å². The van der Waals surface area contributed by atoms with Gasteiger partial charge in [0, 0.05) is 30.7 Å². The summed E-state index contributed by atoms with van der Waals surface area (Å²) in [4.78, 5) is 23.7. The Morgan fingerprint density at radius 3 is 2.92 bits per heavy atom. The average Bonchev–Trinajstić information content (AvgIpc) is 3.26. The summed E-state index contributed by atoms with van der Waals surface area (Å²) in [5.74, 6) is 0.0593. The van der Waals surface area contributed by atoms with E-state index in [1.165, 1.54) is 5.56 Å². The Kier molecular flexibility index (Phi) is 4.41. The third kappa shape index (κ3) is 3.07. The second-order valence-corrected chi connectivity index (χ2v) is 6.95. The minimum absolute atomic E-state index is 0.0593. The Hall–Kier alpha value is -2.76. The minimum Gasteiger partial charge on any atom is -0.336 e. The third-order valence-corrected chi connectivity index (χ3v) is 5.13. The number of hydrogen-bond acceptors (Lipinski definition) is 5. The average molecular weight is 350 g/mol. The molecular weight excluding hydrogens is 328 g/mol. The molecule has 1 saturated heterocycles. The van der Waals surface area contributed by atoms with Crippen LogP contribution >= 0.6 is 0 Å². The second kappa shape index (κ2) is 6.86. The first-order valence-electron chi connectivity index (χ1n) is 9.07. The molecule has 3 aromatic heterocycles. The SMILES string of the molecule is Cc1cc(C(=O)N2CCCC2CCc2ccncc2)c2c(C)noc2n1. The van der Waals surface area contributed by atoms with Crippen molar-refractivity contribution in [3.63, 3.8) is 0 Å². The highest BCUT2D eigenvalue weighted by Crippen LogP contribution is 2.28. The van der Waals surface area contributed by atoms with Crippen LogP contribution in [0.25, 0.3) is 11.1 Å². The smallest absolute Gasteiger partial charge is 0.258 e. The van der Waals surface area contributed by atoms with E-state index < -0.39 is 0 Å². The van der Waals surface area contributed by atoms with Crippen molar-refractivity contribution in [2.24, 2.45) is 0 Å². The highest BCUT2D eigenvalue weighted by atomic mass is 16.5. The molecule has 0 radical (unpaired) electrons. The van der Waals surface area contributed by atoms with Crippen LogP contribution in [0.4, 0.5) is 0 Å².